The first-order chi connectivity index (χ1) is 8.17. The van der Waals surface area contributed by atoms with E-state index in [1.54, 1.807) is 11.8 Å². The van der Waals surface area contributed by atoms with Gasteiger partial charge in [-0.3, -0.25) is 0 Å². The lowest BCUT2D eigenvalue weighted by atomic mass is 10.2. The second-order valence-corrected chi connectivity index (χ2v) is 5.21. The molecule has 0 saturated carbocycles. The summed E-state index contributed by atoms with van der Waals surface area (Å²) in [7, 11) is 0. The molecule has 17 heavy (non-hydrogen) atoms. The first-order valence-electron chi connectivity index (χ1n) is 6.24. The molecule has 3 nitrogen and oxygen atoms in total. The van der Waals surface area contributed by atoms with Crippen LogP contribution in [0.25, 0.3) is 0 Å². The van der Waals surface area contributed by atoms with Crippen LogP contribution in [0.3, 0.4) is 0 Å². The molecule has 0 radical (unpaired) electrons. The molecule has 96 valence electrons. The lowest BCUT2D eigenvalue weighted by molar-refractivity contribution is 0.324. The fraction of sp³-hybridized carbons (Fsp3) is 0.615. The average molecular weight is 253 g/mol. The van der Waals surface area contributed by atoms with Crippen molar-refractivity contribution in [2.75, 3.05) is 25.4 Å². The molecule has 1 heterocycles. The molecule has 0 aromatic carbocycles. The number of aromatic nitrogens is 1. The third-order valence-corrected chi connectivity index (χ3v) is 3.76. The second-order valence-electron chi connectivity index (χ2n) is 4.09. The van der Waals surface area contributed by atoms with E-state index in [2.05, 4.69) is 35.9 Å². The summed E-state index contributed by atoms with van der Waals surface area (Å²) >= 11 is 1.81. The van der Waals surface area contributed by atoms with E-state index in [4.69, 9.17) is 5.73 Å². The maximum absolute atomic E-state index is 5.79. The molecule has 0 bridgehead atoms. The highest BCUT2D eigenvalue weighted by Gasteiger charge is 2.02. The zero-order valence-corrected chi connectivity index (χ0v) is 11.8. The SMILES string of the molecule is CCN(CC)CCSc1ccc([C@@H](C)N)cn1. The smallest absolute Gasteiger partial charge is 0.0960 e. The van der Waals surface area contributed by atoms with E-state index in [1.165, 1.54) is 0 Å². The topological polar surface area (TPSA) is 42.1 Å². The molecular formula is C13H23N3S. The number of hydrogen-bond donors (Lipinski definition) is 1. The van der Waals surface area contributed by atoms with Crippen molar-refractivity contribution in [2.24, 2.45) is 5.73 Å². The lowest BCUT2D eigenvalue weighted by Gasteiger charge is -2.17. The van der Waals surface area contributed by atoms with Gasteiger partial charge in [0.2, 0.25) is 0 Å². The van der Waals surface area contributed by atoms with Crippen molar-refractivity contribution in [3.63, 3.8) is 0 Å². The van der Waals surface area contributed by atoms with Crippen LogP contribution in [0.15, 0.2) is 23.4 Å². The molecule has 1 rings (SSSR count). The molecule has 0 spiro atoms. The Balaban J connectivity index is 2.37. The summed E-state index contributed by atoms with van der Waals surface area (Å²) in [6.45, 7) is 9.73. The van der Waals surface area contributed by atoms with Crippen molar-refractivity contribution < 1.29 is 0 Å². The van der Waals surface area contributed by atoms with Crippen LogP contribution in [-0.4, -0.2) is 35.3 Å². The Bertz CT molecular complexity index is 307. The van der Waals surface area contributed by atoms with Gasteiger partial charge >= 0.3 is 0 Å². The van der Waals surface area contributed by atoms with Gasteiger partial charge in [-0.25, -0.2) is 4.98 Å². The largest absolute Gasteiger partial charge is 0.324 e. The molecule has 0 unspecified atom stereocenters. The van der Waals surface area contributed by atoms with Crippen LogP contribution < -0.4 is 5.73 Å². The monoisotopic (exact) mass is 253 g/mol. The van der Waals surface area contributed by atoms with Crippen LogP contribution in [0.2, 0.25) is 0 Å². The predicted molar refractivity (Wildman–Crippen MR) is 75.4 cm³/mol. The zero-order valence-electron chi connectivity index (χ0n) is 11.0. The van der Waals surface area contributed by atoms with Crippen molar-refractivity contribution in [1.29, 1.82) is 0 Å². The number of nitrogens with zero attached hydrogens (tertiary/aromatic N) is 2. The molecule has 1 atom stereocenters. The molecule has 0 amide bonds. The van der Waals surface area contributed by atoms with E-state index in [0.29, 0.717) is 0 Å². The Morgan fingerprint density at radius 2 is 2.06 bits per heavy atom. The maximum atomic E-state index is 5.79. The number of thioether (sulfide) groups is 1. The van der Waals surface area contributed by atoms with E-state index in [-0.39, 0.29) is 6.04 Å². The highest BCUT2D eigenvalue weighted by atomic mass is 32.2. The van der Waals surface area contributed by atoms with Crippen molar-refractivity contribution in [2.45, 2.75) is 31.8 Å². The summed E-state index contributed by atoms with van der Waals surface area (Å²) < 4.78 is 0. The summed E-state index contributed by atoms with van der Waals surface area (Å²) in [5, 5.41) is 1.08. The Hall–Kier alpha value is -0.580. The van der Waals surface area contributed by atoms with Gasteiger partial charge in [-0.15, -0.1) is 11.8 Å². The van der Waals surface area contributed by atoms with E-state index in [9.17, 15) is 0 Å². The quantitative estimate of drug-likeness (QED) is 0.758. The fourth-order valence-electron chi connectivity index (χ4n) is 1.57. The molecule has 1 aromatic rings. The van der Waals surface area contributed by atoms with Crippen LogP contribution in [0.5, 0.6) is 0 Å². The van der Waals surface area contributed by atoms with Crippen molar-refractivity contribution in [3.05, 3.63) is 23.9 Å². The Kier molecular flexibility index (Phi) is 6.55. The molecule has 2 N–H and O–H groups in total. The van der Waals surface area contributed by atoms with Crippen LogP contribution in [0.1, 0.15) is 32.4 Å². The van der Waals surface area contributed by atoms with Crippen molar-refractivity contribution in [1.82, 2.24) is 9.88 Å². The number of pyridine rings is 1. The van der Waals surface area contributed by atoms with Crippen LogP contribution >= 0.6 is 11.8 Å². The van der Waals surface area contributed by atoms with Gasteiger partial charge in [0.05, 0.1) is 5.03 Å². The molecular weight excluding hydrogens is 230 g/mol. The minimum atomic E-state index is 0.0669. The molecule has 1 aromatic heterocycles. The van der Waals surface area contributed by atoms with E-state index < -0.39 is 0 Å². The summed E-state index contributed by atoms with van der Waals surface area (Å²) in [4.78, 5) is 6.83. The van der Waals surface area contributed by atoms with Gasteiger partial charge < -0.3 is 10.6 Å². The zero-order chi connectivity index (χ0) is 12.7. The summed E-state index contributed by atoms with van der Waals surface area (Å²) in [5.74, 6) is 1.09. The predicted octanol–water partition coefficient (Wildman–Crippen LogP) is 2.54. The van der Waals surface area contributed by atoms with E-state index in [1.807, 2.05) is 13.1 Å². The first kappa shape index (κ1) is 14.5. The Morgan fingerprint density at radius 1 is 1.35 bits per heavy atom. The molecule has 4 heteroatoms. The van der Waals surface area contributed by atoms with Crippen LogP contribution in [0.4, 0.5) is 0 Å². The first-order valence-corrected chi connectivity index (χ1v) is 7.22. The Morgan fingerprint density at radius 3 is 2.53 bits per heavy atom. The number of hydrogen-bond acceptors (Lipinski definition) is 4. The van der Waals surface area contributed by atoms with Crippen molar-refractivity contribution in [3.8, 4) is 0 Å². The summed E-state index contributed by atoms with van der Waals surface area (Å²) in [5.41, 5.74) is 6.88. The maximum Gasteiger partial charge on any atom is 0.0960 e. The van der Waals surface area contributed by atoms with Gasteiger partial charge in [0, 0.05) is 24.5 Å². The fourth-order valence-corrected chi connectivity index (χ4v) is 2.42. The average Bonchev–Trinajstić information content (AvgIpc) is 2.35. The van der Waals surface area contributed by atoms with Gasteiger partial charge in [-0.2, -0.15) is 0 Å². The molecule has 0 fully saturated rings. The molecule has 0 aliphatic carbocycles. The van der Waals surface area contributed by atoms with Gasteiger partial charge in [-0.1, -0.05) is 19.9 Å². The van der Waals surface area contributed by atoms with Gasteiger partial charge in [0.25, 0.3) is 0 Å². The number of rotatable bonds is 7. The molecule has 0 aliphatic rings. The Labute approximate surface area is 109 Å². The highest BCUT2D eigenvalue weighted by Crippen LogP contribution is 2.17. The van der Waals surface area contributed by atoms with Gasteiger partial charge in [0.1, 0.15) is 0 Å². The normalized spacial score (nSPS) is 13.0. The van der Waals surface area contributed by atoms with Crippen molar-refractivity contribution >= 4 is 11.8 Å². The van der Waals surface area contributed by atoms with Gasteiger partial charge in [-0.05, 0) is 31.6 Å². The van der Waals surface area contributed by atoms with Crippen LogP contribution in [0, 0.1) is 0 Å². The third-order valence-electron chi connectivity index (χ3n) is 2.84. The van der Waals surface area contributed by atoms with Crippen LogP contribution in [-0.2, 0) is 0 Å². The standard InChI is InChI=1S/C13H23N3S/c1-4-16(5-2)8-9-17-13-7-6-12(10-15-13)11(3)14/h6-7,10-11H,4-5,8-9,14H2,1-3H3/t11-/m1/s1. The minimum absolute atomic E-state index is 0.0669. The number of nitrogens with two attached hydrogens (primary N) is 1. The summed E-state index contributed by atoms with van der Waals surface area (Å²) in [6.07, 6.45) is 1.88. The minimum Gasteiger partial charge on any atom is -0.324 e. The molecule has 0 aliphatic heterocycles. The van der Waals surface area contributed by atoms with Gasteiger partial charge in [0.15, 0.2) is 0 Å². The van der Waals surface area contributed by atoms with E-state index >= 15 is 0 Å². The molecule has 0 saturated heterocycles. The third kappa shape index (κ3) is 5.06. The summed E-state index contributed by atoms with van der Waals surface area (Å²) in [6, 6.07) is 4.19. The second kappa shape index (κ2) is 7.69. The highest BCUT2D eigenvalue weighted by molar-refractivity contribution is 7.99. The van der Waals surface area contributed by atoms with E-state index in [0.717, 1.165) is 36.0 Å². The lowest BCUT2D eigenvalue weighted by Crippen LogP contribution is -2.25.